The number of phenolic OH excluding ortho intramolecular Hbond substituents is 2. The number of amides is 2. The molecule has 3 aromatic rings. The first kappa shape index (κ1) is 37.9. The first-order valence-electron chi connectivity index (χ1n) is 17.2. The summed E-state index contributed by atoms with van der Waals surface area (Å²) in [5, 5.41) is 64.0. The fourth-order valence-corrected chi connectivity index (χ4v) is 6.21. The molecular weight excluding hydrogens is 672 g/mol. The van der Waals surface area contributed by atoms with Crippen LogP contribution in [0, 0.1) is 10.8 Å². The molecule has 2 amide bonds. The molecule has 0 bridgehead atoms. The van der Waals surface area contributed by atoms with E-state index in [1.807, 2.05) is 18.7 Å². The maximum atomic E-state index is 12.8. The summed E-state index contributed by atoms with van der Waals surface area (Å²) in [6, 6.07) is 8.61. The number of carbonyl (C=O) groups excluding carboxylic acids is 2. The quantitative estimate of drug-likeness (QED) is 0.118. The number of nitrogens with one attached hydrogen (secondary N) is 4. The van der Waals surface area contributed by atoms with E-state index in [0.717, 1.165) is 11.0 Å². The van der Waals surface area contributed by atoms with Crippen LogP contribution >= 0.6 is 0 Å². The van der Waals surface area contributed by atoms with Gasteiger partial charge in [-0.25, -0.2) is 9.97 Å². The Morgan fingerprint density at radius 1 is 1.06 bits per heavy atom. The number of hydrogen-bond acceptors (Lipinski definition) is 13. The molecule has 4 unspecified atom stereocenters. The molecule has 5 rings (SSSR count). The predicted octanol–water partition coefficient (Wildman–Crippen LogP) is 2.59. The first-order chi connectivity index (χ1) is 24.8. The number of hydrogen-bond donors (Lipinski definition) is 8. The summed E-state index contributed by atoms with van der Waals surface area (Å²) in [4.78, 5) is 37.4. The van der Waals surface area contributed by atoms with Gasteiger partial charge in [0, 0.05) is 50.7 Å². The number of rotatable bonds is 9. The van der Waals surface area contributed by atoms with Gasteiger partial charge < -0.3 is 45.4 Å². The average molecular weight is 719 g/mol. The van der Waals surface area contributed by atoms with Gasteiger partial charge in [-0.2, -0.15) is 0 Å². The minimum Gasteiger partial charge on any atom is -0.508 e. The lowest BCUT2D eigenvalue weighted by atomic mass is 9.98. The third-order valence-corrected chi connectivity index (χ3v) is 9.09. The van der Waals surface area contributed by atoms with Crippen LogP contribution < -0.4 is 25.2 Å². The van der Waals surface area contributed by atoms with Gasteiger partial charge >= 0.3 is 0 Å². The van der Waals surface area contributed by atoms with Gasteiger partial charge in [-0.15, -0.1) is 0 Å². The Bertz CT molecular complexity index is 1760. The number of piperidine rings is 1. The van der Waals surface area contributed by atoms with E-state index in [1.165, 1.54) is 18.5 Å². The number of carbonyl (C=O) groups is 2. The van der Waals surface area contributed by atoms with Gasteiger partial charge in [-0.3, -0.25) is 25.3 Å². The summed E-state index contributed by atoms with van der Waals surface area (Å²) in [6.45, 7) is 8.58. The SMILES string of the molecule is CCNC(=O)C(=N)N(C(=N)c1cc(C(C)C)c(O)cc1O)c1ccc(OC2CCN(c3cnc(C(=O)NC4CC(O)OC(C)C4O)cn3)CC2)cc1. The molecule has 2 aromatic carbocycles. The van der Waals surface area contributed by atoms with Crippen LogP contribution in [0.4, 0.5) is 11.5 Å². The maximum absolute atomic E-state index is 12.8. The Balaban J connectivity index is 1.21. The average Bonchev–Trinajstić information content (AvgIpc) is 3.11. The second-order valence-corrected chi connectivity index (χ2v) is 13.1. The van der Waals surface area contributed by atoms with E-state index in [4.69, 9.17) is 20.3 Å². The van der Waals surface area contributed by atoms with Crippen LogP contribution in [-0.2, 0) is 9.53 Å². The van der Waals surface area contributed by atoms with Crippen LogP contribution in [0.25, 0.3) is 0 Å². The summed E-state index contributed by atoms with van der Waals surface area (Å²) < 4.78 is 11.4. The smallest absolute Gasteiger partial charge is 0.287 e. The van der Waals surface area contributed by atoms with Gasteiger partial charge in [0.25, 0.3) is 11.8 Å². The molecule has 2 fully saturated rings. The molecule has 2 aliphatic heterocycles. The molecule has 1 aromatic heterocycles. The molecule has 16 heteroatoms. The summed E-state index contributed by atoms with van der Waals surface area (Å²) in [6.07, 6.45) is 1.50. The number of aromatic nitrogens is 2. The predicted molar refractivity (Wildman–Crippen MR) is 192 cm³/mol. The number of nitrogens with zero attached hydrogens (tertiary/aromatic N) is 4. The van der Waals surface area contributed by atoms with Crippen LogP contribution in [0.2, 0.25) is 0 Å². The van der Waals surface area contributed by atoms with Gasteiger partial charge in [0.2, 0.25) is 0 Å². The largest absolute Gasteiger partial charge is 0.508 e. The number of ether oxygens (including phenoxy) is 2. The molecule has 52 heavy (non-hydrogen) atoms. The Morgan fingerprint density at radius 3 is 2.37 bits per heavy atom. The molecule has 4 atom stereocenters. The second kappa shape index (κ2) is 16.4. The number of benzene rings is 2. The second-order valence-electron chi connectivity index (χ2n) is 13.1. The zero-order chi connectivity index (χ0) is 37.7. The summed E-state index contributed by atoms with van der Waals surface area (Å²) >= 11 is 0. The van der Waals surface area contributed by atoms with Crippen molar-refractivity contribution in [2.45, 2.75) is 83.5 Å². The number of likely N-dealkylation sites (N-methyl/N-ethyl adjacent to an activating group) is 1. The standard InChI is InChI=1S/C36H46N8O8/c1-5-39-36(50)34(38)44(33(37)25-14-24(19(2)3)28(45)16-29(25)46)21-6-8-22(9-7-21)52-23-10-12-43(13-11-23)30-18-40-27(17-41-30)35(49)42-26-15-31(47)51-20(4)32(26)48/h6-9,14,16-20,23,26,31-32,37-38,45-48H,5,10-13,15H2,1-4H3,(H,39,50)(H,42,49). The van der Waals surface area contributed by atoms with Gasteiger partial charge in [-0.05, 0) is 55.7 Å². The van der Waals surface area contributed by atoms with E-state index >= 15 is 0 Å². The molecular formula is C36H46N8O8. The van der Waals surface area contributed by atoms with Gasteiger partial charge in [0.05, 0.1) is 30.1 Å². The Hall–Kier alpha value is -5.32. The summed E-state index contributed by atoms with van der Waals surface area (Å²) in [5.41, 5.74) is 0.971. The van der Waals surface area contributed by atoms with E-state index in [0.29, 0.717) is 48.7 Å². The highest BCUT2D eigenvalue weighted by molar-refractivity contribution is 6.48. The van der Waals surface area contributed by atoms with E-state index in [9.17, 15) is 30.0 Å². The monoisotopic (exact) mass is 718 g/mol. The van der Waals surface area contributed by atoms with E-state index in [-0.39, 0.29) is 53.6 Å². The topological polar surface area (TPSA) is 238 Å². The lowest BCUT2D eigenvalue weighted by molar-refractivity contribution is -0.201. The normalized spacial score (nSPS) is 20.6. The molecule has 0 aliphatic carbocycles. The fraction of sp³-hybridized carbons (Fsp3) is 0.444. The third kappa shape index (κ3) is 8.58. The summed E-state index contributed by atoms with van der Waals surface area (Å²) in [5.74, 6) is -1.47. The van der Waals surface area contributed by atoms with Crippen molar-refractivity contribution in [3.63, 3.8) is 0 Å². The Labute approximate surface area is 301 Å². The highest BCUT2D eigenvalue weighted by atomic mass is 16.6. The molecule has 3 heterocycles. The van der Waals surface area contributed by atoms with Crippen molar-refractivity contribution in [3.05, 3.63) is 65.6 Å². The zero-order valence-corrected chi connectivity index (χ0v) is 29.5. The lowest BCUT2D eigenvalue weighted by Crippen LogP contribution is -2.54. The number of anilines is 2. The molecule has 2 saturated heterocycles. The molecule has 278 valence electrons. The molecule has 0 spiro atoms. The molecule has 16 nitrogen and oxygen atoms in total. The van der Waals surface area contributed by atoms with Crippen molar-refractivity contribution in [1.29, 1.82) is 10.8 Å². The third-order valence-electron chi connectivity index (χ3n) is 9.09. The molecule has 0 saturated carbocycles. The number of amidine groups is 2. The number of phenols is 2. The van der Waals surface area contributed by atoms with Crippen LogP contribution in [-0.4, -0.2) is 104 Å². The molecule has 8 N–H and O–H groups in total. The van der Waals surface area contributed by atoms with E-state index < -0.39 is 42.2 Å². The summed E-state index contributed by atoms with van der Waals surface area (Å²) in [7, 11) is 0. The van der Waals surface area contributed by atoms with Crippen LogP contribution in [0.15, 0.2) is 48.8 Å². The van der Waals surface area contributed by atoms with Crippen molar-refractivity contribution < 1.29 is 39.5 Å². The van der Waals surface area contributed by atoms with Gasteiger partial charge in [0.15, 0.2) is 12.1 Å². The van der Waals surface area contributed by atoms with Crippen LogP contribution in [0.3, 0.4) is 0 Å². The van der Waals surface area contributed by atoms with Crippen LogP contribution in [0.1, 0.15) is 74.5 Å². The molecule has 0 radical (unpaired) electrons. The maximum Gasteiger partial charge on any atom is 0.287 e. The van der Waals surface area contributed by atoms with E-state index in [1.54, 1.807) is 38.1 Å². The molecule has 2 aliphatic rings. The van der Waals surface area contributed by atoms with E-state index in [2.05, 4.69) is 20.6 Å². The van der Waals surface area contributed by atoms with Crippen molar-refractivity contribution in [1.82, 2.24) is 20.6 Å². The van der Waals surface area contributed by atoms with Crippen LogP contribution in [0.5, 0.6) is 17.2 Å². The number of aliphatic hydroxyl groups is 2. The van der Waals surface area contributed by atoms with Gasteiger partial charge in [-0.1, -0.05) is 13.8 Å². The minimum atomic E-state index is -1.08. The fourth-order valence-electron chi connectivity index (χ4n) is 6.21. The van der Waals surface area contributed by atoms with Gasteiger partial charge in [0.1, 0.15) is 46.8 Å². The highest BCUT2D eigenvalue weighted by Crippen LogP contribution is 2.34. The minimum absolute atomic E-state index is 0.0513. The number of aliphatic hydroxyl groups excluding tert-OH is 2. The highest BCUT2D eigenvalue weighted by Gasteiger charge is 2.36. The lowest BCUT2D eigenvalue weighted by Gasteiger charge is -2.36. The first-order valence-corrected chi connectivity index (χ1v) is 17.2. The van der Waals surface area contributed by atoms with Crippen molar-refractivity contribution in [2.75, 3.05) is 29.4 Å². The van der Waals surface area contributed by atoms with Crippen molar-refractivity contribution in [3.8, 4) is 17.2 Å². The van der Waals surface area contributed by atoms with Crippen molar-refractivity contribution >= 4 is 35.0 Å². The number of aromatic hydroxyl groups is 2. The van der Waals surface area contributed by atoms with Crippen molar-refractivity contribution in [2.24, 2.45) is 0 Å². The Morgan fingerprint density at radius 2 is 1.75 bits per heavy atom. The Kier molecular flexibility index (Phi) is 11.9. The zero-order valence-electron chi connectivity index (χ0n) is 29.5.